The van der Waals surface area contributed by atoms with Crippen molar-refractivity contribution < 1.29 is 18.7 Å². The van der Waals surface area contributed by atoms with Crippen molar-refractivity contribution >= 4 is 17.0 Å². The van der Waals surface area contributed by atoms with E-state index in [0.717, 1.165) is 11.1 Å². The minimum absolute atomic E-state index is 0. The van der Waals surface area contributed by atoms with Gasteiger partial charge in [0.1, 0.15) is 6.10 Å². The van der Waals surface area contributed by atoms with Crippen LogP contribution in [0.3, 0.4) is 0 Å². The fraction of sp³-hybridized carbons (Fsp3) is 0.529. The van der Waals surface area contributed by atoms with Gasteiger partial charge in [-0.1, -0.05) is 18.2 Å². The standard InChI is InChI=1S/C17H21NO3.BrH/c1-18-8-7-17-6-5-12(19)9-14(17)21-16-13(20-2)4-3-11(10-18)15(16)17;/h3-6,12,14,19H,7-10H2,1-2H3;1H/t12-,14?,17-;/m0./s1/i1+1D3;. The van der Waals surface area contributed by atoms with E-state index < -0.39 is 18.5 Å². The van der Waals surface area contributed by atoms with E-state index in [0.29, 0.717) is 37.4 Å². The van der Waals surface area contributed by atoms with Crippen LogP contribution in [0.25, 0.3) is 0 Å². The summed E-state index contributed by atoms with van der Waals surface area (Å²) in [7, 11) is 1.60. The molecule has 0 saturated carbocycles. The maximum Gasteiger partial charge on any atom is 0.166 e. The second-order valence-electron chi connectivity index (χ2n) is 6.11. The van der Waals surface area contributed by atoms with Crippen LogP contribution in [0.5, 0.6) is 11.5 Å². The number of nitrogens with zero attached hydrogens (tertiary/aromatic N) is 1. The maximum atomic E-state index is 10.0. The van der Waals surface area contributed by atoms with Gasteiger partial charge in [-0.15, -0.1) is 17.0 Å². The lowest BCUT2D eigenvalue weighted by Gasteiger charge is -2.35. The zero-order chi connectivity index (χ0) is 17.1. The number of hydrogen-bond acceptors (Lipinski definition) is 4. The van der Waals surface area contributed by atoms with E-state index in [2.05, 4.69) is 0 Å². The zero-order valence-electron chi connectivity index (χ0n) is 15.4. The predicted octanol–water partition coefficient (Wildman–Crippen LogP) is 2.43. The van der Waals surface area contributed by atoms with E-state index in [1.807, 2.05) is 24.3 Å². The predicted molar refractivity (Wildman–Crippen MR) is 90.1 cm³/mol. The van der Waals surface area contributed by atoms with Crippen LogP contribution < -0.4 is 9.47 Å². The summed E-state index contributed by atoms with van der Waals surface area (Å²) in [5.74, 6) is 1.36. The van der Waals surface area contributed by atoms with Gasteiger partial charge in [0.25, 0.3) is 0 Å². The summed E-state index contributed by atoms with van der Waals surface area (Å²) in [6.07, 6.45) is 4.24. The zero-order valence-corrected chi connectivity index (χ0v) is 14.1. The molecule has 3 atom stereocenters. The van der Waals surface area contributed by atoms with E-state index >= 15 is 0 Å². The molecule has 0 bridgehead atoms. The van der Waals surface area contributed by atoms with Crippen LogP contribution in [0.2, 0.25) is 0 Å². The van der Waals surface area contributed by atoms with Gasteiger partial charge in [0, 0.05) is 22.6 Å². The van der Waals surface area contributed by atoms with Gasteiger partial charge < -0.3 is 19.5 Å². The topological polar surface area (TPSA) is 41.9 Å². The molecular formula is C17H22BrNO3. The number of aliphatic hydroxyl groups is 1. The van der Waals surface area contributed by atoms with Gasteiger partial charge in [-0.3, -0.25) is 0 Å². The highest BCUT2D eigenvalue weighted by Crippen LogP contribution is 2.55. The molecule has 1 aromatic rings. The summed E-state index contributed by atoms with van der Waals surface area (Å²) in [6, 6.07) is 3.77. The van der Waals surface area contributed by atoms with Gasteiger partial charge in [-0.05, 0) is 31.6 Å². The second-order valence-corrected chi connectivity index (χ2v) is 6.11. The van der Waals surface area contributed by atoms with Crippen molar-refractivity contribution in [3.63, 3.8) is 0 Å². The Labute approximate surface area is 145 Å². The van der Waals surface area contributed by atoms with E-state index in [9.17, 15) is 5.11 Å². The Morgan fingerprint density at radius 2 is 2.36 bits per heavy atom. The number of halogens is 1. The van der Waals surface area contributed by atoms with Crippen LogP contribution in [0.4, 0.5) is 0 Å². The third-order valence-corrected chi connectivity index (χ3v) is 4.96. The maximum absolute atomic E-state index is 10.0. The number of rotatable bonds is 1. The van der Waals surface area contributed by atoms with Crippen LogP contribution in [0, 0.1) is 0 Å². The lowest BCUT2D eigenvalue weighted by atomic mass is 9.69. The molecule has 0 aromatic heterocycles. The average molecular weight is 372 g/mol. The molecule has 1 N–H and O–H groups in total. The Morgan fingerprint density at radius 1 is 1.50 bits per heavy atom. The summed E-state index contributed by atoms with van der Waals surface area (Å²) in [6.45, 7) is -1.32. The molecule has 0 amide bonds. The average Bonchev–Trinajstić information content (AvgIpc) is 2.74. The second kappa shape index (κ2) is 5.55. The van der Waals surface area contributed by atoms with Crippen LogP contribution in [-0.2, 0) is 12.0 Å². The van der Waals surface area contributed by atoms with Gasteiger partial charge >= 0.3 is 0 Å². The minimum Gasteiger partial charge on any atom is -0.493 e. The van der Waals surface area contributed by atoms with Crippen LogP contribution >= 0.6 is 17.0 Å². The molecule has 3 aliphatic rings. The SMILES string of the molecule is Br.[2H][13C]([2H])([2H])N1CC[C@@]23C=C[C@H](O)CC2Oc2c(OC)ccc(c23)C1. The molecule has 0 fully saturated rings. The molecule has 2 heterocycles. The van der Waals surface area contributed by atoms with Crippen LogP contribution in [0.15, 0.2) is 24.3 Å². The molecule has 1 aliphatic carbocycles. The minimum atomic E-state index is -2.13. The summed E-state index contributed by atoms with van der Waals surface area (Å²) in [4.78, 5) is 1.54. The van der Waals surface area contributed by atoms with Crippen molar-refractivity contribution in [1.82, 2.24) is 4.90 Å². The van der Waals surface area contributed by atoms with Crippen molar-refractivity contribution in [2.45, 2.75) is 37.0 Å². The van der Waals surface area contributed by atoms with Gasteiger partial charge in [0.2, 0.25) is 0 Å². The highest BCUT2D eigenvalue weighted by atomic mass is 79.9. The quantitative estimate of drug-likeness (QED) is 0.608. The number of hydrogen-bond donors (Lipinski definition) is 1. The van der Waals surface area contributed by atoms with E-state index in [4.69, 9.17) is 13.6 Å². The molecule has 0 saturated heterocycles. The molecule has 5 heteroatoms. The van der Waals surface area contributed by atoms with Crippen molar-refractivity contribution in [3.05, 3.63) is 35.4 Å². The van der Waals surface area contributed by atoms with Crippen LogP contribution in [-0.4, -0.2) is 42.8 Å². The lowest BCUT2D eigenvalue weighted by molar-refractivity contribution is 0.0821. The van der Waals surface area contributed by atoms with Crippen LogP contribution in [0.1, 0.15) is 28.1 Å². The van der Waals surface area contributed by atoms with Gasteiger partial charge in [0.15, 0.2) is 11.5 Å². The van der Waals surface area contributed by atoms with Crippen molar-refractivity contribution in [2.24, 2.45) is 0 Å². The molecule has 0 radical (unpaired) electrons. The molecule has 2 aliphatic heterocycles. The molecular weight excluding hydrogens is 347 g/mol. The fourth-order valence-corrected chi connectivity index (χ4v) is 3.94. The smallest absolute Gasteiger partial charge is 0.166 e. The summed E-state index contributed by atoms with van der Waals surface area (Å²) >= 11 is 0. The van der Waals surface area contributed by atoms with Crippen molar-refractivity contribution in [3.8, 4) is 11.5 Å². The van der Waals surface area contributed by atoms with Crippen molar-refractivity contribution in [2.75, 3.05) is 20.6 Å². The van der Waals surface area contributed by atoms with E-state index in [1.165, 1.54) is 4.90 Å². The Hall–Kier alpha value is -1.04. The first-order valence-corrected chi connectivity index (χ1v) is 7.34. The Morgan fingerprint density at radius 3 is 3.14 bits per heavy atom. The summed E-state index contributed by atoms with van der Waals surface area (Å²) in [5, 5.41) is 10.0. The summed E-state index contributed by atoms with van der Waals surface area (Å²) in [5.41, 5.74) is 1.60. The molecule has 1 aromatic carbocycles. The fourth-order valence-electron chi connectivity index (χ4n) is 3.94. The first-order valence-electron chi connectivity index (χ1n) is 8.84. The third-order valence-electron chi connectivity index (χ3n) is 4.96. The first kappa shape index (κ1) is 12.4. The molecule has 120 valence electrons. The Balaban J connectivity index is 0.00000182. The van der Waals surface area contributed by atoms with Gasteiger partial charge in [-0.25, -0.2) is 0 Å². The monoisotopic (exact) mass is 371 g/mol. The Bertz CT molecular complexity index is 709. The van der Waals surface area contributed by atoms with Gasteiger partial charge in [0.05, 0.1) is 18.6 Å². The Kier molecular flexibility index (Phi) is 3.13. The highest BCUT2D eigenvalue weighted by molar-refractivity contribution is 8.93. The first-order chi connectivity index (χ1) is 11.3. The summed E-state index contributed by atoms with van der Waals surface area (Å²) < 4.78 is 35.0. The number of methoxy groups -OCH3 is 1. The van der Waals surface area contributed by atoms with Crippen molar-refractivity contribution in [1.29, 1.82) is 0 Å². The number of ether oxygens (including phenoxy) is 2. The number of aliphatic hydroxyl groups excluding tert-OH is 1. The highest BCUT2D eigenvalue weighted by Gasteiger charge is 2.52. The third kappa shape index (κ3) is 2.10. The lowest BCUT2D eigenvalue weighted by Crippen LogP contribution is -2.42. The van der Waals surface area contributed by atoms with E-state index in [-0.39, 0.29) is 23.1 Å². The molecule has 1 unspecified atom stereocenters. The molecule has 22 heavy (non-hydrogen) atoms. The molecule has 4 rings (SSSR count). The largest absolute Gasteiger partial charge is 0.493 e. The molecule has 4 nitrogen and oxygen atoms in total. The molecule has 1 spiro atoms. The normalized spacial score (nSPS) is 34.9. The van der Waals surface area contributed by atoms with Gasteiger partial charge in [-0.2, -0.15) is 0 Å². The number of benzene rings is 1. The van der Waals surface area contributed by atoms with E-state index in [1.54, 1.807) is 7.11 Å².